The van der Waals surface area contributed by atoms with Gasteiger partial charge in [-0.1, -0.05) is 6.08 Å². The van der Waals surface area contributed by atoms with Crippen molar-refractivity contribution in [1.29, 1.82) is 0 Å². The lowest BCUT2D eigenvalue weighted by molar-refractivity contribution is 0.568. The molecule has 7 heteroatoms. The standard InChI is InChI=1S/C22H18N6O/c1-2-18-20(25-17(1)13-3-7-23-8-4-13)21(28-27-18)19-11-16-15(14-6-10-29-12-14)5-9-24-22(16)26-19/h1-3,5-6,9-12,23H,4,7-8H2,(H,24,26)(H,27,28). The second-order valence-corrected chi connectivity index (χ2v) is 7.16. The number of furan rings is 1. The fourth-order valence-corrected chi connectivity index (χ4v) is 3.94. The van der Waals surface area contributed by atoms with Gasteiger partial charge in [0, 0.05) is 23.7 Å². The lowest BCUT2D eigenvalue weighted by Gasteiger charge is -2.13. The Bertz CT molecular complexity index is 1360. The van der Waals surface area contributed by atoms with Crippen molar-refractivity contribution in [2.24, 2.45) is 0 Å². The second kappa shape index (κ2) is 6.42. The number of nitrogens with zero attached hydrogens (tertiary/aromatic N) is 3. The fourth-order valence-electron chi connectivity index (χ4n) is 3.94. The minimum atomic E-state index is 0.799. The van der Waals surface area contributed by atoms with E-state index in [1.54, 1.807) is 18.7 Å². The fraction of sp³-hybridized carbons (Fsp3) is 0.136. The summed E-state index contributed by atoms with van der Waals surface area (Å²) in [6.07, 6.45) is 8.41. The summed E-state index contributed by atoms with van der Waals surface area (Å²) < 4.78 is 5.26. The number of hydrogen-bond donors (Lipinski definition) is 3. The Balaban J connectivity index is 1.50. The van der Waals surface area contributed by atoms with E-state index in [9.17, 15) is 0 Å². The lowest BCUT2D eigenvalue weighted by atomic mass is 10.0. The molecule has 1 aliphatic rings. The zero-order chi connectivity index (χ0) is 19.2. The van der Waals surface area contributed by atoms with Crippen LogP contribution in [0.5, 0.6) is 0 Å². The molecule has 3 N–H and O–H groups in total. The Labute approximate surface area is 165 Å². The van der Waals surface area contributed by atoms with Crippen molar-refractivity contribution in [2.75, 3.05) is 13.1 Å². The van der Waals surface area contributed by atoms with Crippen molar-refractivity contribution in [3.05, 3.63) is 60.8 Å². The minimum Gasteiger partial charge on any atom is -0.472 e. The number of aromatic nitrogens is 5. The van der Waals surface area contributed by atoms with Gasteiger partial charge >= 0.3 is 0 Å². The summed E-state index contributed by atoms with van der Waals surface area (Å²) in [5, 5.41) is 12.0. The van der Waals surface area contributed by atoms with E-state index in [0.717, 1.165) is 69.8 Å². The summed E-state index contributed by atoms with van der Waals surface area (Å²) in [7, 11) is 0. The number of hydrogen-bond acceptors (Lipinski definition) is 5. The first-order chi connectivity index (χ1) is 14.4. The zero-order valence-corrected chi connectivity index (χ0v) is 15.6. The van der Waals surface area contributed by atoms with Gasteiger partial charge in [-0.2, -0.15) is 5.10 Å². The first-order valence-corrected chi connectivity index (χ1v) is 9.63. The van der Waals surface area contributed by atoms with Gasteiger partial charge in [0.25, 0.3) is 0 Å². The van der Waals surface area contributed by atoms with Crippen LogP contribution in [0.25, 0.3) is 50.2 Å². The maximum atomic E-state index is 5.26. The number of pyridine rings is 2. The van der Waals surface area contributed by atoms with Crippen molar-refractivity contribution in [3.8, 4) is 22.5 Å². The molecule has 5 aromatic rings. The number of fused-ring (bicyclic) bond motifs is 2. The van der Waals surface area contributed by atoms with Crippen LogP contribution in [0.3, 0.4) is 0 Å². The Morgan fingerprint density at radius 2 is 2.10 bits per heavy atom. The molecule has 0 aromatic carbocycles. The number of nitrogens with one attached hydrogen (secondary N) is 3. The first-order valence-electron chi connectivity index (χ1n) is 9.63. The summed E-state index contributed by atoms with van der Waals surface area (Å²) in [5.74, 6) is 0. The highest BCUT2D eigenvalue weighted by molar-refractivity contribution is 5.98. The maximum Gasteiger partial charge on any atom is 0.138 e. The van der Waals surface area contributed by atoms with Crippen molar-refractivity contribution >= 4 is 27.6 Å². The maximum absolute atomic E-state index is 5.26. The Hall–Kier alpha value is -3.71. The molecule has 142 valence electrons. The minimum absolute atomic E-state index is 0.799. The Morgan fingerprint density at radius 3 is 2.97 bits per heavy atom. The number of rotatable bonds is 3. The van der Waals surface area contributed by atoms with Crippen molar-refractivity contribution < 1.29 is 4.42 Å². The predicted molar refractivity (Wildman–Crippen MR) is 112 cm³/mol. The molecule has 0 atom stereocenters. The van der Waals surface area contributed by atoms with Gasteiger partial charge in [-0.15, -0.1) is 0 Å². The highest BCUT2D eigenvalue weighted by Crippen LogP contribution is 2.33. The van der Waals surface area contributed by atoms with Crippen molar-refractivity contribution in [2.45, 2.75) is 6.42 Å². The van der Waals surface area contributed by atoms with E-state index in [-0.39, 0.29) is 0 Å². The monoisotopic (exact) mass is 382 g/mol. The van der Waals surface area contributed by atoms with Crippen LogP contribution in [-0.4, -0.2) is 38.2 Å². The summed E-state index contributed by atoms with van der Waals surface area (Å²) in [6.45, 7) is 1.87. The first kappa shape index (κ1) is 16.3. The van der Waals surface area contributed by atoms with Crippen LogP contribution in [-0.2, 0) is 0 Å². The van der Waals surface area contributed by atoms with E-state index >= 15 is 0 Å². The van der Waals surface area contributed by atoms with Gasteiger partial charge in [0.2, 0.25) is 0 Å². The SMILES string of the molecule is C1=C(c2ccc3[nH]nc(-c4cc5c(-c6ccoc6)ccnc5[nH]4)c3n2)CCNC1. The molecule has 0 unspecified atom stereocenters. The smallest absolute Gasteiger partial charge is 0.138 e. The van der Waals surface area contributed by atoms with Crippen LogP contribution in [0.1, 0.15) is 12.1 Å². The highest BCUT2D eigenvalue weighted by atomic mass is 16.3. The van der Waals surface area contributed by atoms with Crippen molar-refractivity contribution in [1.82, 2.24) is 30.5 Å². The normalized spacial score (nSPS) is 14.6. The van der Waals surface area contributed by atoms with E-state index in [1.165, 1.54) is 5.57 Å². The highest BCUT2D eigenvalue weighted by Gasteiger charge is 2.17. The summed E-state index contributed by atoms with van der Waals surface area (Å²) >= 11 is 0. The van der Waals surface area contributed by atoms with Crippen LogP contribution in [0.15, 0.2) is 59.5 Å². The molecule has 5 aromatic heterocycles. The number of H-pyrrole nitrogens is 2. The summed E-state index contributed by atoms with van der Waals surface area (Å²) in [5.41, 5.74) is 8.65. The third-order valence-corrected chi connectivity index (χ3v) is 5.42. The molecule has 0 saturated carbocycles. The van der Waals surface area contributed by atoms with E-state index < -0.39 is 0 Å². The van der Waals surface area contributed by atoms with Crippen molar-refractivity contribution in [3.63, 3.8) is 0 Å². The average molecular weight is 382 g/mol. The van der Waals surface area contributed by atoms with Gasteiger partial charge in [0.05, 0.1) is 29.4 Å². The van der Waals surface area contributed by atoms with E-state index in [1.807, 2.05) is 12.1 Å². The molecule has 0 fully saturated rings. The van der Waals surface area contributed by atoms with Crippen LogP contribution in [0.4, 0.5) is 0 Å². The summed E-state index contributed by atoms with van der Waals surface area (Å²) in [4.78, 5) is 12.8. The largest absolute Gasteiger partial charge is 0.472 e. The van der Waals surface area contributed by atoms with E-state index in [0.29, 0.717) is 0 Å². The van der Waals surface area contributed by atoms with Gasteiger partial charge < -0.3 is 14.7 Å². The third-order valence-electron chi connectivity index (χ3n) is 5.42. The Kier molecular flexibility index (Phi) is 3.60. The molecule has 0 spiro atoms. The lowest BCUT2D eigenvalue weighted by Crippen LogP contribution is -2.20. The Morgan fingerprint density at radius 1 is 1.10 bits per heavy atom. The molecule has 7 nitrogen and oxygen atoms in total. The number of aromatic amines is 2. The quantitative estimate of drug-likeness (QED) is 0.436. The molecule has 0 radical (unpaired) electrons. The van der Waals surface area contributed by atoms with Gasteiger partial charge in [0.1, 0.15) is 16.9 Å². The van der Waals surface area contributed by atoms with Gasteiger partial charge in [0.15, 0.2) is 0 Å². The molecule has 0 amide bonds. The molecular weight excluding hydrogens is 364 g/mol. The van der Waals surface area contributed by atoms with Gasteiger partial charge in [-0.05, 0) is 54.4 Å². The molecule has 1 aliphatic heterocycles. The molecule has 0 aliphatic carbocycles. The zero-order valence-electron chi connectivity index (χ0n) is 15.6. The van der Waals surface area contributed by atoms with Gasteiger partial charge in [-0.3, -0.25) is 5.10 Å². The van der Waals surface area contributed by atoms with Crippen LogP contribution < -0.4 is 5.32 Å². The molecule has 6 rings (SSSR count). The summed E-state index contributed by atoms with van der Waals surface area (Å²) in [6, 6.07) is 10.1. The molecule has 6 heterocycles. The topological polar surface area (TPSA) is 95.4 Å². The molecule has 29 heavy (non-hydrogen) atoms. The molecule has 0 saturated heterocycles. The molecule has 0 bridgehead atoms. The third kappa shape index (κ3) is 2.67. The van der Waals surface area contributed by atoms with E-state index in [2.05, 4.69) is 49.8 Å². The van der Waals surface area contributed by atoms with E-state index in [4.69, 9.17) is 9.40 Å². The second-order valence-electron chi connectivity index (χ2n) is 7.16. The average Bonchev–Trinajstić information content (AvgIpc) is 3.52. The van der Waals surface area contributed by atoms with Gasteiger partial charge in [-0.25, -0.2) is 9.97 Å². The molecular formula is C22H18N6O. The van der Waals surface area contributed by atoms with Crippen LogP contribution in [0, 0.1) is 0 Å². The van der Waals surface area contributed by atoms with Crippen LogP contribution in [0.2, 0.25) is 0 Å². The van der Waals surface area contributed by atoms with Crippen LogP contribution >= 0.6 is 0 Å². The predicted octanol–water partition coefficient (Wildman–Crippen LogP) is 4.14.